The van der Waals surface area contributed by atoms with Crippen LogP contribution in [0.5, 0.6) is 0 Å². The van der Waals surface area contributed by atoms with E-state index in [1.165, 1.54) is 17.6 Å². The van der Waals surface area contributed by atoms with Gasteiger partial charge in [0.05, 0.1) is 35.1 Å². The number of carbonyl (C=O) groups is 2. The molecule has 0 aliphatic carbocycles. The summed E-state index contributed by atoms with van der Waals surface area (Å²) in [5.74, 6) is -1.06. The lowest BCUT2D eigenvalue weighted by atomic mass is 9.92. The molecule has 1 amide bonds. The summed E-state index contributed by atoms with van der Waals surface area (Å²) in [5, 5.41) is 22.6. The van der Waals surface area contributed by atoms with Crippen molar-refractivity contribution in [1.82, 2.24) is 14.9 Å². The van der Waals surface area contributed by atoms with Crippen molar-refractivity contribution in [2.45, 2.75) is 53.0 Å². The van der Waals surface area contributed by atoms with Crippen LogP contribution in [0.4, 0.5) is 4.39 Å². The molecule has 0 spiro atoms. The molecule has 0 bridgehead atoms. The van der Waals surface area contributed by atoms with Crippen LogP contribution in [0.25, 0.3) is 22.3 Å². The highest BCUT2D eigenvalue weighted by atomic mass is 19.1. The van der Waals surface area contributed by atoms with Crippen LogP contribution in [-0.2, 0) is 40.4 Å². The van der Waals surface area contributed by atoms with Crippen molar-refractivity contribution >= 4 is 23.3 Å². The van der Waals surface area contributed by atoms with Gasteiger partial charge in [0, 0.05) is 23.6 Å². The third-order valence-electron chi connectivity index (χ3n) is 6.52. The average Bonchev–Trinajstić information content (AvgIpc) is 3.20. The van der Waals surface area contributed by atoms with Crippen LogP contribution >= 0.6 is 0 Å². The summed E-state index contributed by atoms with van der Waals surface area (Å²) in [6.07, 6.45) is -0.434. The molecule has 3 aromatic rings. The molecule has 1 atom stereocenters. The predicted octanol–water partition coefficient (Wildman–Crippen LogP) is 1.77. The maximum Gasteiger partial charge on any atom is 0.293 e. The minimum absolute atomic E-state index is 0.0131. The smallest absolute Gasteiger partial charge is 0.293 e. The zero-order valence-electron chi connectivity index (χ0n) is 19.6. The first-order valence-corrected chi connectivity index (χ1v) is 11.2. The Balaban J connectivity index is 1.99. The molecule has 0 saturated carbocycles. The van der Waals surface area contributed by atoms with Crippen LogP contribution in [0.3, 0.4) is 0 Å². The fourth-order valence-electron chi connectivity index (χ4n) is 4.78. The highest BCUT2D eigenvalue weighted by molar-refractivity contribution is 5.92. The van der Waals surface area contributed by atoms with E-state index in [2.05, 4.69) is 5.32 Å². The topological polar surface area (TPSA) is 131 Å². The molecule has 35 heavy (non-hydrogen) atoms. The number of aliphatic hydroxyl groups is 2. The highest BCUT2D eigenvalue weighted by Gasteiger charge is 2.30. The van der Waals surface area contributed by atoms with E-state index in [4.69, 9.17) is 14.8 Å². The summed E-state index contributed by atoms with van der Waals surface area (Å²) in [5.41, 5.74) is 4.09. The number of hydrogen-bond acceptors (Lipinski definition) is 7. The monoisotopic (exact) mass is 483 g/mol. The number of ether oxygens (including phenoxy) is 1. The summed E-state index contributed by atoms with van der Waals surface area (Å²) in [6.45, 7) is 4.60. The van der Waals surface area contributed by atoms with E-state index in [0.29, 0.717) is 45.4 Å². The lowest BCUT2D eigenvalue weighted by molar-refractivity contribution is -0.130. The van der Waals surface area contributed by atoms with Crippen LogP contribution in [-0.4, -0.2) is 38.8 Å². The molecule has 1 aliphatic heterocycles. The first kappa shape index (κ1) is 24.5. The van der Waals surface area contributed by atoms with E-state index in [-0.39, 0.29) is 31.7 Å². The fraction of sp³-hybridized carbons (Fsp3) is 0.360. The van der Waals surface area contributed by atoms with E-state index in [0.717, 1.165) is 11.1 Å². The number of amides is 1. The Labute approximate surface area is 200 Å². The van der Waals surface area contributed by atoms with Gasteiger partial charge in [0.2, 0.25) is 5.91 Å². The molecule has 9 nitrogen and oxygen atoms in total. The Bertz CT molecular complexity index is 1410. The van der Waals surface area contributed by atoms with Gasteiger partial charge in [0.25, 0.3) is 12.0 Å². The Morgan fingerprint density at radius 2 is 2.09 bits per heavy atom. The zero-order valence-corrected chi connectivity index (χ0v) is 19.6. The number of nitrogens with one attached hydrogen (secondary N) is 1. The van der Waals surface area contributed by atoms with Crippen molar-refractivity contribution in [1.29, 1.82) is 0 Å². The largest absolute Gasteiger partial charge is 0.463 e. The SMILES string of the molecule is CCc1c2c(nc3cc(F)c(C)c(CNC(=O)CO)c13)-c1cc(C(C)O)c(COC=O)c(=O)n1C2. The van der Waals surface area contributed by atoms with Crippen molar-refractivity contribution < 1.29 is 28.9 Å². The van der Waals surface area contributed by atoms with Gasteiger partial charge in [-0.25, -0.2) is 9.37 Å². The van der Waals surface area contributed by atoms with Crippen molar-refractivity contribution in [2.24, 2.45) is 0 Å². The second-order valence-electron chi connectivity index (χ2n) is 8.50. The molecule has 3 N–H and O–H groups in total. The van der Waals surface area contributed by atoms with Gasteiger partial charge in [-0.3, -0.25) is 14.4 Å². The second-order valence-corrected chi connectivity index (χ2v) is 8.50. The fourth-order valence-corrected chi connectivity index (χ4v) is 4.78. The van der Waals surface area contributed by atoms with E-state index < -0.39 is 30.0 Å². The van der Waals surface area contributed by atoms with Crippen molar-refractivity contribution in [3.05, 3.63) is 61.7 Å². The molecule has 1 aromatic carbocycles. The molecule has 4 rings (SSSR count). The first-order valence-electron chi connectivity index (χ1n) is 11.2. The molecule has 3 heterocycles. The van der Waals surface area contributed by atoms with Crippen LogP contribution in [0, 0.1) is 12.7 Å². The summed E-state index contributed by atoms with van der Waals surface area (Å²) in [6, 6.07) is 3.00. The van der Waals surface area contributed by atoms with Gasteiger partial charge in [-0.1, -0.05) is 6.92 Å². The number of benzene rings is 1. The van der Waals surface area contributed by atoms with Crippen molar-refractivity contribution in [2.75, 3.05) is 6.61 Å². The number of fused-ring (bicyclic) bond motifs is 4. The minimum Gasteiger partial charge on any atom is -0.463 e. The standard InChI is InChI=1S/C25H26FN3O6/c1-4-14-17-8-29-21(5-15(13(3)32)18(25(29)34)10-35-11-31)24(17)28-20-6-19(26)12(2)16(23(14)20)7-27-22(33)9-30/h5-6,11,13,30,32H,4,7-10H2,1-3H3,(H,27,33). The van der Waals surface area contributed by atoms with Gasteiger partial charge in [-0.15, -0.1) is 0 Å². The first-order chi connectivity index (χ1) is 16.7. The van der Waals surface area contributed by atoms with E-state index in [1.54, 1.807) is 13.0 Å². The molecule has 0 fully saturated rings. The molecule has 0 radical (unpaired) electrons. The number of aliphatic hydroxyl groups excluding tert-OH is 2. The lowest BCUT2D eigenvalue weighted by Gasteiger charge is -2.17. The summed E-state index contributed by atoms with van der Waals surface area (Å²) in [4.78, 5) is 40.5. The van der Waals surface area contributed by atoms with Gasteiger partial charge < -0.3 is 24.8 Å². The molecule has 0 saturated heterocycles. The zero-order chi connectivity index (χ0) is 25.4. The number of nitrogens with zero attached hydrogens (tertiary/aromatic N) is 2. The van der Waals surface area contributed by atoms with Crippen LogP contribution < -0.4 is 10.9 Å². The van der Waals surface area contributed by atoms with E-state index >= 15 is 0 Å². The second kappa shape index (κ2) is 9.55. The third-order valence-corrected chi connectivity index (χ3v) is 6.52. The number of pyridine rings is 2. The molecule has 184 valence electrons. The predicted molar refractivity (Wildman–Crippen MR) is 125 cm³/mol. The minimum atomic E-state index is -0.990. The Morgan fingerprint density at radius 3 is 2.71 bits per heavy atom. The molecule has 1 aliphatic rings. The normalized spacial score (nSPS) is 12.9. The maximum absolute atomic E-state index is 14.9. The number of hydrogen-bond donors (Lipinski definition) is 3. The molecular formula is C25H26FN3O6. The van der Waals surface area contributed by atoms with Crippen LogP contribution in [0.2, 0.25) is 0 Å². The maximum atomic E-state index is 14.9. The molecule has 2 aromatic heterocycles. The highest BCUT2D eigenvalue weighted by Crippen LogP contribution is 2.39. The van der Waals surface area contributed by atoms with Gasteiger partial charge in [-0.05, 0) is 48.6 Å². The summed E-state index contributed by atoms with van der Waals surface area (Å²) in [7, 11) is 0. The average molecular weight is 483 g/mol. The number of aryl methyl sites for hydroxylation is 1. The number of rotatable bonds is 8. The molecule has 1 unspecified atom stereocenters. The quantitative estimate of drug-likeness (QED) is 0.326. The Morgan fingerprint density at radius 1 is 1.34 bits per heavy atom. The Kier molecular flexibility index (Phi) is 6.68. The summed E-state index contributed by atoms with van der Waals surface area (Å²) >= 11 is 0. The van der Waals surface area contributed by atoms with E-state index in [1.807, 2.05) is 6.92 Å². The van der Waals surface area contributed by atoms with E-state index in [9.17, 15) is 23.9 Å². The number of aromatic nitrogens is 2. The number of carbonyl (C=O) groups excluding carboxylic acids is 2. The lowest BCUT2D eigenvalue weighted by Crippen LogP contribution is -2.26. The Hall–Kier alpha value is -3.63. The van der Waals surface area contributed by atoms with Gasteiger partial charge in [-0.2, -0.15) is 0 Å². The number of halogens is 1. The molecular weight excluding hydrogens is 457 g/mol. The van der Waals surface area contributed by atoms with Crippen molar-refractivity contribution in [3.63, 3.8) is 0 Å². The van der Waals surface area contributed by atoms with Crippen LogP contribution in [0.1, 0.15) is 53.3 Å². The van der Waals surface area contributed by atoms with Gasteiger partial charge in [0.1, 0.15) is 19.0 Å². The van der Waals surface area contributed by atoms with Crippen molar-refractivity contribution in [3.8, 4) is 11.4 Å². The molecule has 10 heteroatoms. The van der Waals surface area contributed by atoms with Gasteiger partial charge in [0.15, 0.2) is 0 Å². The van der Waals surface area contributed by atoms with Gasteiger partial charge >= 0.3 is 0 Å². The summed E-state index contributed by atoms with van der Waals surface area (Å²) < 4.78 is 21.2. The third kappa shape index (κ3) is 4.08. The van der Waals surface area contributed by atoms with Crippen LogP contribution in [0.15, 0.2) is 16.9 Å².